The SMILES string of the molecule is CC1(C)CNCCN(CC2CCCS2)C1=O. The van der Waals surface area contributed by atoms with Gasteiger partial charge in [0.25, 0.3) is 0 Å². The fraction of sp³-hybridized carbons (Fsp3) is 0.917. The van der Waals surface area contributed by atoms with Gasteiger partial charge in [0, 0.05) is 31.4 Å². The van der Waals surface area contributed by atoms with Crippen molar-refractivity contribution in [3.63, 3.8) is 0 Å². The number of nitrogens with one attached hydrogen (secondary N) is 1. The van der Waals surface area contributed by atoms with E-state index in [4.69, 9.17) is 0 Å². The van der Waals surface area contributed by atoms with Crippen LogP contribution in [0.15, 0.2) is 0 Å². The summed E-state index contributed by atoms with van der Waals surface area (Å²) in [5.41, 5.74) is -0.236. The summed E-state index contributed by atoms with van der Waals surface area (Å²) in [6, 6.07) is 0. The van der Waals surface area contributed by atoms with Crippen LogP contribution in [0.3, 0.4) is 0 Å². The van der Waals surface area contributed by atoms with E-state index >= 15 is 0 Å². The molecule has 3 nitrogen and oxygen atoms in total. The molecule has 2 rings (SSSR count). The molecule has 0 radical (unpaired) electrons. The molecule has 0 aromatic heterocycles. The van der Waals surface area contributed by atoms with Gasteiger partial charge in [0.05, 0.1) is 5.41 Å². The van der Waals surface area contributed by atoms with Crippen molar-refractivity contribution in [2.75, 3.05) is 31.9 Å². The fourth-order valence-electron chi connectivity index (χ4n) is 2.43. The van der Waals surface area contributed by atoms with Crippen LogP contribution in [-0.2, 0) is 4.79 Å². The molecule has 4 heteroatoms. The smallest absolute Gasteiger partial charge is 0.229 e. The van der Waals surface area contributed by atoms with Crippen LogP contribution in [0.2, 0.25) is 0 Å². The van der Waals surface area contributed by atoms with Crippen LogP contribution in [-0.4, -0.2) is 48.0 Å². The van der Waals surface area contributed by atoms with Crippen molar-refractivity contribution in [3.8, 4) is 0 Å². The summed E-state index contributed by atoms with van der Waals surface area (Å²) in [5.74, 6) is 1.60. The lowest BCUT2D eigenvalue weighted by Crippen LogP contribution is -2.44. The molecule has 2 aliphatic heterocycles. The third-order valence-corrected chi connectivity index (χ3v) is 4.82. The number of rotatable bonds is 2. The highest BCUT2D eigenvalue weighted by Crippen LogP contribution is 2.28. The normalized spacial score (nSPS) is 30.5. The summed E-state index contributed by atoms with van der Waals surface area (Å²) in [6.07, 6.45) is 2.60. The molecule has 1 N–H and O–H groups in total. The number of hydrogen-bond acceptors (Lipinski definition) is 3. The van der Waals surface area contributed by atoms with Crippen molar-refractivity contribution in [2.45, 2.75) is 31.9 Å². The van der Waals surface area contributed by atoms with Crippen molar-refractivity contribution >= 4 is 17.7 Å². The van der Waals surface area contributed by atoms with Gasteiger partial charge in [-0.2, -0.15) is 11.8 Å². The first-order valence-electron chi connectivity index (χ1n) is 6.21. The average Bonchev–Trinajstić information content (AvgIpc) is 2.70. The quantitative estimate of drug-likeness (QED) is 0.793. The van der Waals surface area contributed by atoms with Crippen LogP contribution >= 0.6 is 11.8 Å². The molecular weight excluding hydrogens is 220 g/mol. The lowest BCUT2D eigenvalue weighted by molar-refractivity contribution is -0.138. The Balaban J connectivity index is 1.98. The summed E-state index contributed by atoms with van der Waals surface area (Å²) in [6.45, 7) is 7.66. The molecule has 16 heavy (non-hydrogen) atoms. The number of thioether (sulfide) groups is 1. The van der Waals surface area contributed by atoms with Crippen molar-refractivity contribution in [2.24, 2.45) is 5.41 Å². The molecule has 2 aliphatic rings. The predicted octanol–water partition coefficient (Wildman–Crippen LogP) is 1.34. The highest BCUT2D eigenvalue weighted by molar-refractivity contribution is 8.00. The first-order chi connectivity index (χ1) is 7.59. The molecule has 0 aliphatic carbocycles. The Morgan fingerprint density at radius 1 is 1.56 bits per heavy atom. The van der Waals surface area contributed by atoms with E-state index in [0.29, 0.717) is 11.2 Å². The standard InChI is InChI=1S/C12H22N2OS/c1-12(2)9-13-5-6-14(11(12)15)8-10-4-3-7-16-10/h10,13H,3-9H2,1-2H3. The van der Waals surface area contributed by atoms with E-state index in [2.05, 4.69) is 10.2 Å². The zero-order chi connectivity index (χ0) is 11.6. The van der Waals surface area contributed by atoms with Gasteiger partial charge < -0.3 is 10.2 Å². The molecule has 0 aromatic carbocycles. The van der Waals surface area contributed by atoms with E-state index in [1.54, 1.807) is 0 Å². The fourth-order valence-corrected chi connectivity index (χ4v) is 3.71. The highest BCUT2D eigenvalue weighted by atomic mass is 32.2. The first kappa shape index (κ1) is 12.2. The lowest BCUT2D eigenvalue weighted by atomic mass is 9.92. The average molecular weight is 242 g/mol. The molecule has 2 saturated heterocycles. The molecule has 1 atom stereocenters. The largest absolute Gasteiger partial charge is 0.340 e. The summed E-state index contributed by atoms with van der Waals surface area (Å²) >= 11 is 2.03. The molecule has 92 valence electrons. The topological polar surface area (TPSA) is 32.3 Å². The lowest BCUT2D eigenvalue weighted by Gasteiger charge is -2.30. The van der Waals surface area contributed by atoms with E-state index in [-0.39, 0.29) is 5.41 Å². The van der Waals surface area contributed by atoms with E-state index in [0.717, 1.165) is 26.2 Å². The molecule has 1 amide bonds. The Labute approximate surface area is 102 Å². The second-order valence-corrected chi connectivity index (χ2v) is 6.86. The predicted molar refractivity (Wildman–Crippen MR) is 68.7 cm³/mol. The van der Waals surface area contributed by atoms with Crippen molar-refractivity contribution < 1.29 is 4.79 Å². The van der Waals surface area contributed by atoms with Gasteiger partial charge >= 0.3 is 0 Å². The molecule has 0 saturated carbocycles. The van der Waals surface area contributed by atoms with Gasteiger partial charge in [-0.3, -0.25) is 4.79 Å². The summed E-state index contributed by atoms with van der Waals surface area (Å²) in [7, 11) is 0. The monoisotopic (exact) mass is 242 g/mol. The number of nitrogens with zero attached hydrogens (tertiary/aromatic N) is 1. The van der Waals surface area contributed by atoms with Crippen molar-refractivity contribution in [1.29, 1.82) is 0 Å². The maximum atomic E-state index is 12.3. The van der Waals surface area contributed by atoms with Gasteiger partial charge in [0.1, 0.15) is 0 Å². The van der Waals surface area contributed by atoms with Gasteiger partial charge in [0.2, 0.25) is 5.91 Å². The minimum Gasteiger partial charge on any atom is -0.340 e. The van der Waals surface area contributed by atoms with Crippen molar-refractivity contribution in [1.82, 2.24) is 10.2 Å². The van der Waals surface area contributed by atoms with E-state index in [1.807, 2.05) is 25.6 Å². The van der Waals surface area contributed by atoms with Crippen LogP contribution in [0.4, 0.5) is 0 Å². The molecule has 1 unspecified atom stereocenters. The second-order valence-electron chi connectivity index (χ2n) is 5.45. The third-order valence-electron chi connectivity index (χ3n) is 3.44. The molecule has 2 heterocycles. The summed E-state index contributed by atoms with van der Waals surface area (Å²) in [4.78, 5) is 14.4. The molecule has 0 bridgehead atoms. The maximum Gasteiger partial charge on any atom is 0.229 e. The van der Waals surface area contributed by atoms with Gasteiger partial charge in [-0.05, 0) is 32.4 Å². The van der Waals surface area contributed by atoms with Gasteiger partial charge in [-0.25, -0.2) is 0 Å². The summed E-state index contributed by atoms with van der Waals surface area (Å²) in [5, 5.41) is 4.03. The van der Waals surface area contributed by atoms with Crippen LogP contribution in [0.25, 0.3) is 0 Å². The molecule has 0 aromatic rings. The van der Waals surface area contributed by atoms with Crippen LogP contribution in [0.5, 0.6) is 0 Å². The van der Waals surface area contributed by atoms with Crippen LogP contribution in [0.1, 0.15) is 26.7 Å². The maximum absolute atomic E-state index is 12.3. The minimum absolute atomic E-state index is 0.236. The van der Waals surface area contributed by atoms with E-state index in [9.17, 15) is 4.79 Å². The Bertz CT molecular complexity index is 262. The molecule has 0 spiro atoms. The number of carbonyl (C=O) groups is 1. The third kappa shape index (κ3) is 2.72. The minimum atomic E-state index is -0.236. The van der Waals surface area contributed by atoms with Crippen LogP contribution in [0, 0.1) is 5.41 Å². The Kier molecular flexibility index (Phi) is 3.80. The number of amides is 1. The van der Waals surface area contributed by atoms with Gasteiger partial charge in [-0.1, -0.05) is 0 Å². The Morgan fingerprint density at radius 3 is 3.06 bits per heavy atom. The van der Waals surface area contributed by atoms with Gasteiger partial charge in [-0.15, -0.1) is 0 Å². The number of carbonyl (C=O) groups excluding carboxylic acids is 1. The Hall–Kier alpha value is -0.220. The molecule has 2 fully saturated rings. The van der Waals surface area contributed by atoms with E-state index < -0.39 is 0 Å². The van der Waals surface area contributed by atoms with Gasteiger partial charge in [0.15, 0.2) is 0 Å². The van der Waals surface area contributed by atoms with Crippen molar-refractivity contribution in [3.05, 3.63) is 0 Å². The first-order valence-corrected chi connectivity index (χ1v) is 7.26. The summed E-state index contributed by atoms with van der Waals surface area (Å²) < 4.78 is 0. The highest BCUT2D eigenvalue weighted by Gasteiger charge is 2.35. The number of hydrogen-bond donors (Lipinski definition) is 1. The van der Waals surface area contributed by atoms with E-state index in [1.165, 1.54) is 18.6 Å². The zero-order valence-corrected chi connectivity index (χ0v) is 11.1. The second kappa shape index (κ2) is 4.96. The molecular formula is C12H22N2OS. The van der Waals surface area contributed by atoms with Crippen LogP contribution < -0.4 is 5.32 Å². The zero-order valence-electron chi connectivity index (χ0n) is 10.3. The Morgan fingerprint density at radius 2 is 2.38 bits per heavy atom.